The molecule has 0 radical (unpaired) electrons. The summed E-state index contributed by atoms with van der Waals surface area (Å²) in [5.74, 6) is 1.80. The van der Waals surface area contributed by atoms with Gasteiger partial charge in [0.1, 0.15) is 5.75 Å². The fourth-order valence-electron chi connectivity index (χ4n) is 5.23. The van der Waals surface area contributed by atoms with Crippen molar-refractivity contribution in [1.29, 1.82) is 0 Å². The third-order valence-electron chi connectivity index (χ3n) is 7.09. The first-order chi connectivity index (χ1) is 17.1. The number of piperidine rings is 1. The van der Waals surface area contributed by atoms with E-state index in [-0.39, 0.29) is 18.4 Å². The molecule has 0 unspecified atom stereocenters. The van der Waals surface area contributed by atoms with Crippen LogP contribution in [-0.4, -0.2) is 60.5 Å². The van der Waals surface area contributed by atoms with Crippen molar-refractivity contribution in [3.8, 4) is 5.75 Å². The molecular formula is C27H35N3O3S2. The van der Waals surface area contributed by atoms with Gasteiger partial charge < -0.3 is 20.1 Å². The smallest absolute Gasteiger partial charge is 0.303 e. The zero-order chi connectivity index (χ0) is 24.6. The number of nitrogens with zero attached hydrogens (tertiary/aromatic N) is 2. The molecule has 0 bridgehead atoms. The number of aliphatic carboxylic acids is 1. The van der Waals surface area contributed by atoms with Crippen LogP contribution in [-0.2, 0) is 4.79 Å². The van der Waals surface area contributed by atoms with E-state index in [1.165, 1.54) is 9.77 Å². The van der Waals surface area contributed by atoms with E-state index in [1.54, 1.807) is 18.4 Å². The first kappa shape index (κ1) is 25.9. The SMILES string of the molecule is CN[C@H](CC[C@@H]1CCN(CCSc2cccs2)C[C@@H]1CC(=O)O)c1ccnc2ccc(OC)cc12. The number of methoxy groups -OCH3 is 1. The molecule has 1 fully saturated rings. The maximum atomic E-state index is 11.7. The van der Waals surface area contributed by atoms with Crippen molar-refractivity contribution in [1.82, 2.24) is 15.2 Å². The number of benzene rings is 1. The lowest BCUT2D eigenvalue weighted by molar-refractivity contribution is -0.139. The van der Waals surface area contributed by atoms with E-state index in [4.69, 9.17) is 4.74 Å². The van der Waals surface area contributed by atoms with Gasteiger partial charge in [0.05, 0.1) is 16.8 Å². The fraction of sp³-hybridized carbons (Fsp3) is 0.481. The van der Waals surface area contributed by atoms with Gasteiger partial charge in [-0.25, -0.2) is 0 Å². The average Bonchev–Trinajstić information content (AvgIpc) is 3.38. The lowest BCUT2D eigenvalue weighted by atomic mass is 9.79. The van der Waals surface area contributed by atoms with E-state index in [1.807, 2.05) is 37.1 Å². The number of carboxylic acid groups (broad SMARTS) is 1. The van der Waals surface area contributed by atoms with Crippen LogP contribution in [0.4, 0.5) is 0 Å². The van der Waals surface area contributed by atoms with Gasteiger partial charge in [0.25, 0.3) is 0 Å². The third-order valence-corrected chi connectivity index (χ3v) is 9.20. The second-order valence-electron chi connectivity index (χ2n) is 9.19. The molecule has 35 heavy (non-hydrogen) atoms. The van der Waals surface area contributed by atoms with E-state index in [0.29, 0.717) is 5.92 Å². The molecule has 3 atom stereocenters. The summed E-state index contributed by atoms with van der Waals surface area (Å²) < 4.78 is 6.79. The van der Waals surface area contributed by atoms with Gasteiger partial charge in [-0.3, -0.25) is 9.78 Å². The molecule has 1 aliphatic heterocycles. The second kappa shape index (κ2) is 12.7. The van der Waals surface area contributed by atoms with E-state index < -0.39 is 5.97 Å². The summed E-state index contributed by atoms with van der Waals surface area (Å²) in [5, 5.41) is 16.3. The molecule has 0 aliphatic carbocycles. The molecule has 0 amide bonds. The van der Waals surface area contributed by atoms with Gasteiger partial charge >= 0.3 is 5.97 Å². The van der Waals surface area contributed by atoms with E-state index in [2.05, 4.69) is 44.8 Å². The van der Waals surface area contributed by atoms with Crippen LogP contribution in [0.2, 0.25) is 0 Å². The Labute approximate surface area is 216 Å². The summed E-state index contributed by atoms with van der Waals surface area (Å²) in [4.78, 5) is 18.6. The Morgan fingerprint density at radius 3 is 2.97 bits per heavy atom. The number of rotatable bonds is 12. The van der Waals surface area contributed by atoms with Gasteiger partial charge in [-0.1, -0.05) is 6.07 Å². The lowest BCUT2D eigenvalue weighted by Gasteiger charge is -2.38. The van der Waals surface area contributed by atoms with Crippen LogP contribution in [0.25, 0.3) is 10.9 Å². The monoisotopic (exact) mass is 513 g/mol. The molecular weight excluding hydrogens is 478 g/mol. The largest absolute Gasteiger partial charge is 0.497 e. The number of thiophene rings is 1. The van der Waals surface area contributed by atoms with E-state index in [0.717, 1.165) is 61.3 Å². The molecule has 3 aromatic rings. The van der Waals surface area contributed by atoms with E-state index in [9.17, 15) is 9.90 Å². The number of hydrogen-bond acceptors (Lipinski definition) is 7. The van der Waals surface area contributed by atoms with Gasteiger partial charge in [-0.05, 0) is 86.0 Å². The van der Waals surface area contributed by atoms with Crippen molar-refractivity contribution >= 4 is 40.0 Å². The highest BCUT2D eigenvalue weighted by Gasteiger charge is 2.31. The van der Waals surface area contributed by atoms with Crippen LogP contribution >= 0.6 is 23.1 Å². The van der Waals surface area contributed by atoms with Crippen molar-refractivity contribution in [2.75, 3.05) is 39.5 Å². The summed E-state index contributed by atoms with van der Waals surface area (Å²) in [7, 11) is 3.68. The molecule has 0 saturated carbocycles. The minimum atomic E-state index is -0.688. The number of ether oxygens (including phenoxy) is 1. The van der Waals surface area contributed by atoms with E-state index >= 15 is 0 Å². The van der Waals surface area contributed by atoms with Crippen LogP contribution in [0.1, 0.15) is 37.3 Å². The summed E-state index contributed by atoms with van der Waals surface area (Å²) in [6.45, 7) is 2.93. The van der Waals surface area contributed by atoms with Crippen LogP contribution in [0.3, 0.4) is 0 Å². The zero-order valence-electron chi connectivity index (χ0n) is 20.5. The molecule has 2 N–H and O–H groups in total. The summed E-state index contributed by atoms with van der Waals surface area (Å²) in [5.41, 5.74) is 2.18. The minimum Gasteiger partial charge on any atom is -0.497 e. The minimum absolute atomic E-state index is 0.179. The highest BCUT2D eigenvalue weighted by Crippen LogP contribution is 2.35. The average molecular weight is 514 g/mol. The number of hydrogen-bond donors (Lipinski definition) is 2. The number of carboxylic acids is 1. The molecule has 1 aliphatic rings. The van der Waals surface area contributed by atoms with Crippen molar-refractivity contribution in [3.05, 3.63) is 53.5 Å². The predicted molar refractivity (Wildman–Crippen MR) is 145 cm³/mol. The summed E-state index contributed by atoms with van der Waals surface area (Å²) in [6, 6.07) is 12.5. The third kappa shape index (κ3) is 6.97. The summed E-state index contributed by atoms with van der Waals surface area (Å²) >= 11 is 3.67. The first-order valence-corrected chi connectivity index (χ1v) is 14.1. The number of nitrogens with one attached hydrogen (secondary N) is 1. The number of thioether (sulfide) groups is 1. The van der Waals surface area contributed by atoms with Crippen molar-refractivity contribution in [2.24, 2.45) is 11.8 Å². The standard InChI is InChI=1S/C27H35N3O3S2/c1-28-24(22-9-11-29-25-8-6-21(33-2)17-23(22)25)7-5-19-10-12-30(18-20(19)16-26(31)32)13-15-35-27-4-3-14-34-27/h3-4,6,8-9,11,14,17,19-20,24,28H,5,7,10,12-13,15-16,18H2,1-2H3,(H,31,32)/t19-,20+,24-/m1/s1. The normalized spacial score (nSPS) is 19.6. The molecule has 2 aromatic heterocycles. The Bertz CT molecular complexity index is 1090. The quantitative estimate of drug-likeness (QED) is 0.308. The van der Waals surface area contributed by atoms with Crippen LogP contribution in [0, 0.1) is 11.8 Å². The van der Waals surface area contributed by atoms with Crippen molar-refractivity contribution < 1.29 is 14.6 Å². The van der Waals surface area contributed by atoms with Crippen molar-refractivity contribution in [2.45, 2.75) is 35.9 Å². The van der Waals surface area contributed by atoms with Gasteiger partial charge in [-0.15, -0.1) is 23.1 Å². The van der Waals surface area contributed by atoms with Gasteiger partial charge in [0.15, 0.2) is 0 Å². The number of fused-ring (bicyclic) bond motifs is 1. The zero-order valence-corrected chi connectivity index (χ0v) is 22.1. The maximum Gasteiger partial charge on any atom is 0.303 e. The number of carbonyl (C=O) groups is 1. The predicted octanol–water partition coefficient (Wildman–Crippen LogP) is 5.55. The van der Waals surface area contributed by atoms with Crippen LogP contribution in [0.15, 0.2) is 52.2 Å². The first-order valence-electron chi connectivity index (χ1n) is 12.3. The lowest BCUT2D eigenvalue weighted by Crippen LogP contribution is -2.42. The Morgan fingerprint density at radius 2 is 2.23 bits per heavy atom. The fourth-order valence-corrected chi connectivity index (χ4v) is 7.09. The molecule has 6 nitrogen and oxygen atoms in total. The topological polar surface area (TPSA) is 74.7 Å². The highest BCUT2D eigenvalue weighted by molar-refractivity contribution is 8.01. The number of aromatic nitrogens is 1. The Kier molecular flexibility index (Phi) is 9.43. The summed E-state index contributed by atoms with van der Waals surface area (Å²) in [6.07, 6.45) is 5.15. The number of likely N-dealkylation sites (tertiary alicyclic amines) is 1. The second-order valence-corrected chi connectivity index (χ2v) is 11.5. The number of pyridine rings is 1. The van der Waals surface area contributed by atoms with Crippen LogP contribution < -0.4 is 10.1 Å². The molecule has 188 valence electrons. The maximum absolute atomic E-state index is 11.7. The van der Waals surface area contributed by atoms with Gasteiger partial charge in [0.2, 0.25) is 0 Å². The molecule has 1 saturated heterocycles. The van der Waals surface area contributed by atoms with Gasteiger partial charge in [-0.2, -0.15) is 0 Å². The Hall–Kier alpha value is -2.13. The van der Waals surface area contributed by atoms with Gasteiger partial charge in [0, 0.05) is 42.9 Å². The molecule has 1 aromatic carbocycles. The Balaban J connectivity index is 1.39. The molecule has 4 rings (SSSR count). The Morgan fingerprint density at radius 1 is 1.34 bits per heavy atom. The molecule has 8 heteroatoms. The van der Waals surface area contributed by atoms with Crippen LogP contribution in [0.5, 0.6) is 5.75 Å². The molecule has 3 heterocycles. The highest BCUT2D eigenvalue weighted by atomic mass is 32.2. The van der Waals surface area contributed by atoms with Crippen molar-refractivity contribution in [3.63, 3.8) is 0 Å². The molecule has 0 spiro atoms.